The van der Waals surface area contributed by atoms with Crippen LogP contribution in [0.15, 0.2) is 18.7 Å². The Kier molecular flexibility index (Phi) is 30.6. The van der Waals surface area contributed by atoms with Crippen molar-refractivity contribution in [2.75, 3.05) is 0 Å². The fourth-order valence-electron chi connectivity index (χ4n) is 5.68. The Morgan fingerprint density at radius 1 is 0.421 bits per heavy atom. The van der Waals surface area contributed by atoms with Gasteiger partial charge in [0.25, 0.3) is 0 Å². The average molecular weight is 553 g/mol. The first kappa shape index (κ1) is 37.5. The summed E-state index contributed by atoms with van der Waals surface area (Å²) in [5, 5.41) is 0. The summed E-state index contributed by atoms with van der Waals surface area (Å²) < 4.78 is 4.81. The topological polar surface area (TPSA) is 8.81 Å². The summed E-state index contributed by atoms with van der Waals surface area (Å²) in [6, 6.07) is 0. The van der Waals surface area contributed by atoms with E-state index in [9.17, 15) is 0 Å². The van der Waals surface area contributed by atoms with Crippen molar-refractivity contribution in [2.24, 2.45) is 0 Å². The molecule has 0 aliphatic carbocycles. The summed E-state index contributed by atoms with van der Waals surface area (Å²) in [7, 11) is 0. The number of unbranched alkanes of at least 4 members (excludes halogenated alkanes) is 26. The van der Waals surface area contributed by atoms with E-state index < -0.39 is 0 Å². The maximum Gasteiger partial charge on any atom is 0.243 e. The highest BCUT2D eigenvalue weighted by atomic mass is 35.5. The average Bonchev–Trinajstić information content (AvgIpc) is 3.36. The minimum absolute atomic E-state index is 0. The van der Waals surface area contributed by atoms with Gasteiger partial charge in [0, 0.05) is 0 Å². The fourth-order valence-corrected chi connectivity index (χ4v) is 5.68. The van der Waals surface area contributed by atoms with Crippen LogP contribution in [0.1, 0.15) is 194 Å². The zero-order valence-electron chi connectivity index (χ0n) is 26.2. The van der Waals surface area contributed by atoms with E-state index in [0.29, 0.717) is 0 Å². The fraction of sp³-hybridized carbons (Fsp3) is 0.914. The standard InChI is InChI=1S/C35H69N2.ClH/c1-3-5-7-9-11-13-15-17-19-21-23-25-27-29-31-36-33-34-37(35-36)32-30-28-26-24-22-20-18-16-14-12-10-8-6-4-2;/h33-35H,3-32H2,1-2H3;1H/q+1;/p-1. The highest BCUT2D eigenvalue weighted by molar-refractivity contribution is 4.66. The molecule has 0 amide bonds. The Morgan fingerprint density at radius 3 is 1.11 bits per heavy atom. The molecule has 226 valence electrons. The van der Waals surface area contributed by atoms with Gasteiger partial charge in [-0.15, -0.1) is 0 Å². The first-order chi connectivity index (χ1) is 18.4. The van der Waals surface area contributed by atoms with Gasteiger partial charge in [-0.3, -0.25) is 0 Å². The van der Waals surface area contributed by atoms with Crippen LogP contribution in [0.4, 0.5) is 0 Å². The molecule has 0 bridgehead atoms. The number of nitrogens with zero attached hydrogens (tertiary/aromatic N) is 2. The molecule has 38 heavy (non-hydrogen) atoms. The zero-order valence-corrected chi connectivity index (χ0v) is 27.0. The quantitative estimate of drug-likeness (QED) is 0.0666. The summed E-state index contributed by atoms with van der Waals surface area (Å²) in [5.41, 5.74) is 0. The monoisotopic (exact) mass is 553 g/mol. The van der Waals surface area contributed by atoms with Gasteiger partial charge in [0.1, 0.15) is 12.4 Å². The van der Waals surface area contributed by atoms with Crippen molar-refractivity contribution in [3.05, 3.63) is 18.7 Å². The van der Waals surface area contributed by atoms with Crippen LogP contribution in [-0.2, 0) is 13.1 Å². The van der Waals surface area contributed by atoms with Gasteiger partial charge in [-0.1, -0.05) is 168 Å². The van der Waals surface area contributed by atoms with Crippen LogP contribution in [-0.4, -0.2) is 4.57 Å². The largest absolute Gasteiger partial charge is 1.00 e. The molecule has 0 saturated carbocycles. The van der Waals surface area contributed by atoms with Crippen LogP contribution < -0.4 is 17.0 Å². The predicted octanol–water partition coefficient (Wildman–Crippen LogP) is 8.74. The summed E-state index contributed by atoms with van der Waals surface area (Å²) >= 11 is 0. The van der Waals surface area contributed by atoms with E-state index >= 15 is 0 Å². The Bertz CT molecular complexity index is 509. The van der Waals surface area contributed by atoms with Crippen molar-refractivity contribution in [1.82, 2.24) is 4.57 Å². The molecule has 0 saturated heterocycles. The van der Waals surface area contributed by atoms with Gasteiger partial charge in [0.15, 0.2) is 0 Å². The van der Waals surface area contributed by atoms with E-state index in [2.05, 4.69) is 41.7 Å². The van der Waals surface area contributed by atoms with Gasteiger partial charge < -0.3 is 12.4 Å². The molecule has 1 heterocycles. The molecule has 3 heteroatoms. The minimum atomic E-state index is 0. The number of hydrogen-bond acceptors (Lipinski definition) is 0. The molecule has 0 unspecified atom stereocenters. The SMILES string of the molecule is CCCCCCCCCCCCCCCCn1cc[n+](CCCCCCCCCCCCCCCC)c1.[Cl-]. The highest BCUT2D eigenvalue weighted by Gasteiger charge is 2.03. The number of aromatic nitrogens is 2. The normalized spacial score (nSPS) is 11.2. The summed E-state index contributed by atoms with van der Waals surface area (Å²) in [4.78, 5) is 0. The third-order valence-electron chi connectivity index (χ3n) is 8.29. The molecule has 1 aromatic rings. The van der Waals surface area contributed by atoms with E-state index in [1.54, 1.807) is 0 Å². The molecule has 2 nitrogen and oxygen atoms in total. The van der Waals surface area contributed by atoms with Crippen LogP contribution in [0.5, 0.6) is 0 Å². The molecule has 0 atom stereocenters. The van der Waals surface area contributed by atoms with Gasteiger partial charge in [0.2, 0.25) is 6.33 Å². The van der Waals surface area contributed by atoms with Crippen molar-refractivity contribution in [1.29, 1.82) is 0 Å². The molecule has 0 spiro atoms. The highest BCUT2D eigenvalue weighted by Crippen LogP contribution is 2.14. The van der Waals surface area contributed by atoms with Gasteiger partial charge in [-0.05, 0) is 25.7 Å². The van der Waals surface area contributed by atoms with Crippen LogP contribution in [0.3, 0.4) is 0 Å². The molecular formula is C35H69ClN2. The van der Waals surface area contributed by atoms with Gasteiger partial charge in [0.05, 0.1) is 13.1 Å². The third kappa shape index (κ3) is 25.8. The molecular weight excluding hydrogens is 484 g/mol. The lowest BCUT2D eigenvalue weighted by Crippen LogP contribution is -3.00. The second-order valence-corrected chi connectivity index (χ2v) is 12.1. The molecule has 0 aliphatic heterocycles. The van der Waals surface area contributed by atoms with Gasteiger partial charge >= 0.3 is 0 Å². The van der Waals surface area contributed by atoms with E-state index in [1.807, 2.05) is 0 Å². The van der Waals surface area contributed by atoms with Crippen LogP contribution >= 0.6 is 0 Å². The molecule has 0 radical (unpaired) electrons. The third-order valence-corrected chi connectivity index (χ3v) is 8.29. The Labute approximate surface area is 246 Å². The maximum atomic E-state index is 2.41. The predicted molar refractivity (Wildman–Crippen MR) is 165 cm³/mol. The molecule has 1 rings (SSSR count). The second kappa shape index (κ2) is 31.0. The molecule has 1 aromatic heterocycles. The van der Waals surface area contributed by atoms with Crippen LogP contribution in [0.2, 0.25) is 0 Å². The van der Waals surface area contributed by atoms with E-state index in [-0.39, 0.29) is 12.4 Å². The number of rotatable bonds is 30. The first-order valence-electron chi connectivity index (χ1n) is 17.4. The summed E-state index contributed by atoms with van der Waals surface area (Å²) in [6.07, 6.45) is 47.2. The van der Waals surface area contributed by atoms with E-state index in [4.69, 9.17) is 0 Å². The zero-order chi connectivity index (χ0) is 26.5. The van der Waals surface area contributed by atoms with Crippen LogP contribution in [0.25, 0.3) is 0 Å². The lowest BCUT2D eigenvalue weighted by molar-refractivity contribution is -0.696. The van der Waals surface area contributed by atoms with E-state index in [1.165, 1.54) is 193 Å². The smallest absolute Gasteiger partial charge is 0.243 e. The second-order valence-electron chi connectivity index (χ2n) is 12.1. The first-order valence-corrected chi connectivity index (χ1v) is 17.4. The maximum absolute atomic E-state index is 2.41. The Morgan fingerprint density at radius 2 is 0.737 bits per heavy atom. The Balaban J connectivity index is 0.0000137. The van der Waals surface area contributed by atoms with Crippen molar-refractivity contribution in [3.8, 4) is 0 Å². The molecule has 0 fully saturated rings. The number of halogens is 1. The van der Waals surface area contributed by atoms with Crippen molar-refractivity contribution in [2.45, 2.75) is 207 Å². The van der Waals surface area contributed by atoms with Crippen molar-refractivity contribution >= 4 is 0 Å². The summed E-state index contributed by atoms with van der Waals surface area (Å²) in [6.45, 7) is 7.00. The molecule has 0 aliphatic rings. The summed E-state index contributed by atoms with van der Waals surface area (Å²) in [5.74, 6) is 0. The number of hydrogen-bond donors (Lipinski definition) is 0. The van der Waals surface area contributed by atoms with Crippen molar-refractivity contribution < 1.29 is 17.0 Å². The Hall–Kier alpha value is -0.500. The minimum Gasteiger partial charge on any atom is -1.00 e. The van der Waals surface area contributed by atoms with Gasteiger partial charge in [-0.2, -0.15) is 0 Å². The molecule has 0 N–H and O–H groups in total. The van der Waals surface area contributed by atoms with Gasteiger partial charge in [-0.25, -0.2) is 9.13 Å². The number of imidazole rings is 1. The van der Waals surface area contributed by atoms with Crippen molar-refractivity contribution in [3.63, 3.8) is 0 Å². The lowest BCUT2D eigenvalue weighted by Gasteiger charge is -2.03. The number of aryl methyl sites for hydroxylation is 2. The van der Waals surface area contributed by atoms with E-state index in [0.717, 1.165) is 0 Å². The molecule has 0 aromatic carbocycles. The van der Waals surface area contributed by atoms with Crippen LogP contribution in [0, 0.1) is 0 Å². The lowest BCUT2D eigenvalue weighted by atomic mass is 10.0.